The van der Waals surface area contributed by atoms with E-state index >= 15 is 0 Å². The van der Waals surface area contributed by atoms with Crippen molar-refractivity contribution in [1.82, 2.24) is 14.5 Å². The third kappa shape index (κ3) is 4.73. The largest absolute Gasteiger partial charge is 0.407 e. The highest BCUT2D eigenvalue weighted by Crippen LogP contribution is 2.35. The fourth-order valence-electron chi connectivity index (χ4n) is 4.76. The lowest BCUT2D eigenvalue weighted by molar-refractivity contribution is -0.128. The second-order valence-electron chi connectivity index (χ2n) is 8.55. The van der Waals surface area contributed by atoms with Gasteiger partial charge in [-0.15, -0.1) is 0 Å². The Bertz CT molecular complexity index is 1430. The lowest BCUT2D eigenvalue weighted by atomic mass is 9.81. The van der Waals surface area contributed by atoms with Crippen LogP contribution in [0.4, 0.5) is 14.5 Å². The summed E-state index contributed by atoms with van der Waals surface area (Å²) >= 11 is 0. The molecule has 4 rings (SSSR count). The predicted octanol–water partition coefficient (Wildman–Crippen LogP) is 3.71. The van der Waals surface area contributed by atoms with E-state index in [4.69, 9.17) is 0 Å². The van der Waals surface area contributed by atoms with Gasteiger partial charge in [0.05, 0.1) is 16.9 Å². The average Bonchev–Trinajstić information content (AvgIpc) is 2.90. The van der Waals surface area contributed by atoms with Crippen LogP contribution in [0.15, 0.2) is 46.5 Å². The maximum absolute atomic E-state index is 12.9. The van der Waals surface area contributed by atoms with E-state index in [1.54, 1.807) is 44.6 Å². The number of hydrogen-bond acceptors (Lipinski definition) is 8. The molecule has 1 fully saturated rings. The maximum Gasteiger partial charge on any atom is 0.407 e. The van der Waals surface area contributed by atoms with Crippen LogP contribution < -0.4 is 10.5 Å². The second kappa shape index (κ2) is 10.5. The summed E-state index contributed by atoms with van der Waals surface area (Å²) < 4.78 is 26.8. The van der Waals surface area contributed by atoms with E-state index in [0.717, 1.165) is 0 Å². The molecule has 0 aliphatic heterocycles. The average molecular weight is 492 g/mol. The molecule has 0 saturated heterocycles. The van der Waals surface area contributed by atoms with Crippen LogP contribution in [0.3, 0.4) is 0 Å². The van der Waals surface area contributed by atoms with Crippen LogP contribution in [0.25, 0.3) is 11.0 Å². The lowest BCUT2D eigenvalue weighted by Crippen LogP contribution is -2.39. The molecule has 0 aromatic carbocycles. The number of oxime groups is 1. The van der Waals surface area contributed by atoms with Crippen LogP contribution in [-0.2, 0) is 11.9 Å². The van der Waals surface area contributed by atoms with Gasteiger partial charge in [0.25, 0.3) is 5.56 Å². The summed E-state index contributed by atoms with van der Waals surface area (Å²) in [5.74, 6) is -0.151. The van der Waals surface area contributed by atoms with Gasteiger partial charge in [-0.3, -0.25) is 9.78 Å². The minimum absolute atomic E-state index is 0.0433. The third-order valence-electron chi connectivity index (χ3n) is 6.58. The fraction of sp³-hybridized carbons (Fsp3) is 0.360. The van der Waals surface area contributed by atoms with Crippen molar-refractivity contribution in [1.29, 1.82) is 10.5 Å². The molecule has 0 bridgehead atoms. The Morgan fingerprint density at radius 2 is 1.94 bits per heavy atom. The molecular formula is C25H23F2N7O2. The molecule has 184 valence electrons. The number of nitrogens with zero attached hydrogens (tertiary/aromatic N) is 7. The number of aryl methyl sites for hydroxylation is 1. The summed E-state index contributed by atoms with van der Waals surface area (Å²) in [6, 6.07) is 12.3. The Balaban J connectivity index is 1.65. The Kier molecular flexibility index (Phi) is 7.20. The van der Waals surface area contributed by atoms with Crippen molar-refractivity contribution in [2.75, 3.05) is 11.9 Å². The summed E-state index contributed by atoms with van der Waals surface area (Å²) in [7, 11) is 3.36. The Morgan fingerprint density at radius 1 is 1.19 bits per heavy atom. The number of rotatable bonds is 6. The van der Waals surface area contributed by atoms with Crippen molar-refractivity contribution in [2.45, 2.75) is 38.3 Å². The molecule has 3 aromatic rings. The standard InChI is InChI=1S/C25H23F2N7O2/c1-33(23-18(14-29)24(35)34(2)20-11-8-16(13-28)31-22(20)23)17-9-6-15(7-10-17)21(32-36-25(26)27)19-5-3-4-12-30-19/h3-5,8,11-12,15,17,25H,6-7,9-10H2,1-2H3/b32-21+. The van der Waals surface area contributed by atoms with Crippen molar-refractivity contribution in [3.05, 3.63) is 63.8 Å². The van der Waals surface area contributed by atoms with Crippen LogP contribution >= 0.6 is 0 Å². The SMILES string of the molecule is CN(c1c(C#N)c(=O)n(C)c2ccc(C#N)nc12)C1CCC(/C(=N\OC(F)F)c2ccccn2)CC1. The molecule has 0 radical (unpaired) electrons. The monoisotopic (exact) mass is 491 g/mol. The number of anilines is 1. The molecule has 3 heterocycles. The summed E-state index contributed by atoms with van der Waals surface area (Å²) in [6.45, 7) is -3.03. The first-order chi connectivity index (χ1) is 17.3. The molecule has 0 unspecified atom stereocenters. The Labute approximate surface area is 205 Å². The summed E-state index contributed by atoms with van der Waals surface area (Å²) in [4.78, 5) is 27.7. The summed E-state index contributed by atoms with van der Waals surface area (Å²) in [5.41, 5.74) is 1.84. The fourth-order valence-corrected chi connectivity index (χ4v) is 4.76. The van der Waals surface area contributed by atoms with Crippen molar-refractivity contribution in [3.63, 3.8) is 0 Å². The molecule has 1 aliphatic carbocycles. The summed E-state index contributed by atoms with van der Waals surface area (Å²) in [6.07, 6.45) is 4.07. The van der Waals surface area contributed by atoms with Gasteiger partial charge in [-0.1, -0.05) is 11.2 Å². The molecule has 0 N–H and O–H groups in total. The predicted molar refractivity (Wildman–Crippen MR) is 128 cm³/mol. The number of pyridine rings is 3. The first-order valence-electron chi connectivity index (χ1n) is 11.4. The minimum atomic E-state index is -3.03. The molecule has 0 atom stereocenters. The molecule has 3 aromatic heterocycles. The zero-order valence-electron chi connectivity index (χ0n) is 19.7. The summed E-state index contributed by atoms with van der Waals surface area (Å²) in [5, 5.41) is 22.9. The highest BCUT2D eigenvalue weighted by Gasteiger charge is 2.31. The minimum Gasteiger partial charge on any atom is -0.369 e. The van der Waals surface area contributed by atoms with Gasteiger partial charge in [0, 0.05) is 32.3 Å². The number of fused-ring (bicyclic) bond motifs is 1. The first kappa shape index (κ1) is 24.7. The number of hydrogen-bond donors (Lipinski definition) is 0. The normalized spacial score (nSPS) is 18.0. The number of nitriles is 2. The van der Waals surface area contributed by atoms with E-state index in [1.807, 2.05) is 17.0 Å². The molecule has 36 heavy (non-hydrogen) atoms. The van der Waals surface area contributed by atoms with Crippen LogP contribution in [-0.4, -0.2) is 39.9 Å². The quantitative estimate of drug-likeness (QED) is 0.381. The van der Waals surface area contributed by atoms with E-state index < -0.39 is 12.2 Å². The van der Waals surface area contributed by atoms with E-state index in [0.29, 0.717) is 53.8 Å². The van der Waals surface area contributed by atoms with Crippen molar-refractivity contribution < 1.29 is 13.6 Å². The van der Waals surface area contributed by atoms with Crippen molar-refractivity contribution in [2.24, 2.45) is 18.1 Å². The Morgan fingerprint density at radius 3 is 2.56 bits per heavy atom. The van der Waals surface area contributed by atoms with Crippen molar-refractivity contribution >= 4 is 22.4 Å². The van der Waals surface area contributed by atoms with Crippen LogP contribution in [0, 0.1) is 28.6 Å². The molecule has 11 heteroatoms. The van der Waals surface area contributed by atoms with Crippen LogP contribution in [0.5, 0.6) is 0 Å². The van der Waals surface area contributed by atoms with Gasteiger partial charge in [0.15, 0.2) is 0 Å². The van der Waals surface area contributed by atoms with Gasteiger partial charge in [-0.2, -0.15) is 19.3 Å². The number of halogens is 2. The van der Waals surface area contributed by atoms with Crippen molar-refractivity contribution in [3.8, 4) is 12.1 Å². The molecule has 0 amide bonds. The zero-order chi connectivity index (χ0) is 25.8. The lowest BCUT2D eigenvalue weighted by Gasteiger charge is -2.36. The van der Waals surface area contributed by atoms with Gasteiger partial charge >= 0.3 is 6.61 Å². The highest BCUT2D eigenvalue weighted by molar-refractivity contribution is 6.00. The zero-order valence-corrected chi connectivity index (χ0v) is 19.7. The van der Waals surface area contributed by atoms with Gasteiger partial charge < -0.3 is 14.3 Å². The van der Waals surface area contributed by atoms with Gasteiger partial charge in [0.2, 0.25) is 0 Å². The molecule has 1 aliphatic rings. The second-order valence-corrected chi connectivity index (χ2v) is 8.55. The van der Waals surface area contributed by atoms with Gasteiger partial charge in [-0.25, -0.2) is 4.98 Å². The van der Waals surface area contributed by atoms with Crippen LogP contribution in [0.1, 0.15) is 42.6 Å². The number of alkyl halides is 2. The maximum atomic E-state index is 12.9. The molecule has 1 saturated carbocycles. The van der Waals surface area contributed by atoms with Gasteiger partial charge in [-0.05, 0) is 49.9 Å². The van der Waals surface area contributed by atoms with E-state index in [-0.39, 0.29) is 23.2 Å². The van der Waals surface area contributed by atoms with E-state index in [9.17, 15) is 24.1 Å². The highest BCUT2D eigenvalue weighted by atomic mass is 19.3. The molecule has 9 nitrogen and oxygen atoms in total. The van der Waals surface area contributed by atoms with Gasteiger partial charge in [0.1, 0.15) is 34.6 Å². The van der Waals surface area contributed by atoms with Crippen LogP contribution in [0.2, 0.25) is 0 Å². The third-order valence-corrected chi connectivity index (χ3v) is 6.58. The first-order valence-corrected chi connectivity index (χ1v) is 11.4. The topological polar surface area (TPSA) is 120 Å². The molecule has 0 spiro atoms. The smallest absolute Gasteiger partial charge is 0.369 e. The Hall–Kier alpha value is -4.38. The van der Waals surface area contributed by atoms with E-state index in [1.165, 1.54) is 10.6 Å². The van der Waals surface area contributed by atoms with E-state index in [2.05, 4.69) is 20.0 Å². The molecular weight excluding hydrogens is 468 g/mol. The number of aromatic nitrogens is 3.